The second-order valence-electron chi connectivity index (χ2n) is 5.79. The summed E-state index contributed by atoms with van der Waals surface area (Å²) in [5, 5.41) is 14.7. The molecule has 1 heterocycles. The number of nitrogens with one attached hydrogen (secondary N) is 1. The quantitative estimate of drug-likeness (QED) is 0.500. The molecule has 1 fully saturated rings. The number of nitro groups is 1. The lowest BCUT2D eigenvalue weighted by atomic mass is 10.2. The van der Waals surface area contributed by atoms with Crippen LogP contribution in [0.3, 0.4) is 0 Å². The van der Waals surface area contributed by atoms with Crippen LogP contribution in [0.25, 0.3) is 0 Å². The van der Waals surface area contributed by atoms with Gasteiger partial charge in [0.1, 0.15) is 5.69 Å². The van der Waals surface area contributed by atoms with Crippen LogP contribution in [0.15, 0.2) is 18.2 Å². The normalized spacial score (nSPS) is 14.7. The van der Waals surface area contributed by atoms with Gasteiger partial charge in [0.05, 0.1) is 9.95 Å². The summed E-state index contributed by atoms with van der Waals surface area (Å²) in [4.78, 5) is 26.3. The van der Waals surface area contributed by atoms with Crippen LogP contribution in [0.2, 0.25) is 5.02 Å². The third kappa shape index (κ3) is 4.12. The van der Waals surface area contributed by atoms with Crippen molar-refractivity contribution < 1.29 is 9.72 Å². The molecule has 24 heavy (non-hydrogen) atoms. The number of nitrogens with zero attached hydrogens (tertiary/aromatic N) is 3. The van der Waals surface area contributed by atoms with E-state index >= 15 is 0 Å². The van der Waals surface area contributed by atoms with Crippen LogP contribution in [0, 0.1) is 16.0 Å². The van der Waals surface area contributed by atoms with Crippen LogP contribution in [-0.4, -0.2) is 47.0 Å². The average Bonchev–Trinajstić information content (AvgIpc) is 2.54. The molecule has 130 valence electrons. The van der Waals surface area contributed by atoms with E-state index in [0.29, 0.717) is 42.0 Å². The van der Waals surface area contributed by atoms with Crippen molar-refractivity contribution in [3.05, 3.63) is 33.3 Å². The van der Waals surface area contributed by atoms with Crippen molar-refractivity contribution in [2.45, 2.75) is 13.8 Å². The number of benzene rings is 1. The van der Waals surface area contributed by atoms with Gasteiger partial charge < -0.3 is 15.1 Å². The van der Waals surface area contributed by atoms with Crippen molar-refractivity contribution in [2.75, 3.05) is 31.1 Å². The molecule has 0 radical (unpaired) electrons. The minimum Gasteiger partial charge on any atom is -0.361 e. The highest BCUT2D eigenvalue weighted by molar-refractivity contribution is 7.80. The van der Waals surface area contributed by atoms with Crippen molar-refractivity contribution in [1.29, 1.82) is 0 Å². The van der Waals surface area contributed by atoms with Crippen molar-refractivity contribution in [3.63, 3.8) is 0 Å². The van der Waals surface area contributed by atoms with Crippen molar-refractivity contribution >= 4 is 46.2 Å². The highest BCUT2D eigenvalue weighted by atomic mass is 35.5. The molecule has 9 heteroatoms. The Morgan fingerprint density at radius 1 is 1.33 bits per heavy atom. The Hall–Kier alpha value is -1.93. The SMILES string of the molecule is CC(C)C(=O)NC(=S)N1CCN(c2c(Cl)cccc2[N+](=O)[O-])CC1. The number of halogens is 1. The first kappa shape index (κ1) is 18.4. The minimum absolute atomic E-state index is 0.00774. The number of carbonyl (C=O) groups excluding carboxylic acids is 1. The fourth-order valence-electron chi connectivity index (χ4n) is 2.43. The number of rotatable bonds is 3. The Balaban J connectivity index is 2.05. The summed E-state index contributed by atoms with van der Waals surface area (Å²) >= 11 is 11.4. The Morgan fingerprint density at radius 3 is 2.50 bits per heavy atom. The van der Waals surface area contributed by atoms with E-state index in [2.05, 4.69) is 5.32 Å². The average molecular weight is 371 g/mol. The molecule has 0 atom stereocenters. The van der Waals surface area contributed by atoms with Gasteiger partial charge in [-0.15, -0.1) is 0 Å². The van der Waals surface area contributed by atoms with E-state index in [-0.39, 0.29) is 17.5 Å². The van der Waals surface area contributed by atoms with Crippen LogP contribution in [0.4, 0.5) is 11.4 Å². The lowest BCUT2D eigenvalue weighted by molar-refractivity contribution is -0.384. The van der Waals surface area contributed by atoms with Gasteiger partial charge in [0.25, 0.3) is 5.69 Å². The van der Waals surface area contributed by atoms with Crippen molar-refractivity contribution in [1.82, 2.24) is 10.2 Å². The Morgan fingerprint density at radius 2 is 1.96 bits per heavy atom. The number of piperazine rings is 1. The highest BCUT2D eigenvalue weighted by Gasteiger charge is 2.27. The number of thiocarbonyl (C=S) groups is 1. The van der Waals surface area contributed by atoms with E-state index in [1.54, 1.807) is 26.0 Å². The number of nitro benzene ring substituents is 1. The fourth-order valence-corrected chi connectivity index (χ4v) is 3.00. The monoisotopic (exact) mass is 370 g/mol. The summed E-state index contributed by atoms with van der Waals surface area (Å²) in [7, 11) is 0. The summed E-state index contributed by atoms with van der Waals surface area (Å²) < 4.78 is 0. The number of carbonyl (C=O) groups is 1. The Bertz CT molecular complexity index is 660. The van der Waals surface area contributed by atoms with Crippen LogP contribution in [0.5, 0.6) is 0 Å². The second kappa shape index (κ2) is 7.76. The topological polar surface area (TPSA) is 78.7 Å². The number of anilines is 1. The summed E-state index contributed by atoms with van der Waals surface area (Å²) in [6.07, 6.45) is 0. The smallest absolute Gasteiger partial charge is 0.294 e. The summed E-state index contributed by atoms with van der Waals surface area (Å²) in [5.41, 5.74) is 0.424. The number of amides is 1. The number of para-hydroxylation sites is 1. The zero-order valence-corrected chi connectivity index (χ0v) is 15.1. The van der Waals surface area contributed by atoms with Gasteiger partial charge in [-0.1, -0.05) is 31.5 Å². The van der Waals surface area contributed by atoms with Gasteiger partial charge in [0, 0.05) is 38.2 Å². The van der Waals surface area contributed by atoms with Gasteiger partial charge >= 0.3 is 0 Å². The lowest BCUT2D eigenvalue weighted by Crippen LogP contribution is -2.53. The highest BCUT2D eigenvalue weighted by Crippen LogP contribution is 2.35. The number of hydrogen-bond donors (Lipinski definition) is 1. The van der Waals surface area contributed by atoms with Crippen LogP contribution in [-0.2, 0) is 4.79 Å². The van der Waals surface area contributed by atoms with Crippen molar-refractivity contribution in [3.8, 4) is 0 Å². The van der Waals surface area contributed by atoms with Crippen molar-refractivity contribution in [2.24, 2.45) is 5.92 Å². The van der Waals surface area contributed by atoms with Crippen LogP contribution >= 0.6 is 23.8 Å². The van der Waals surface area contributed by atoms with Gasteiger partial charge in [-0.05, 0) is 18.3 Å². The molecule has 1 aliphatic heterocycles. The van der Waals surface area contributed by atoms with E-state index < -0.39 is 4.92 Å². The molecule has 0 saturated carbocycles. The summed E-state index contributed by atoms with van der Waals surface area (Å²) in [6.45, 7) is 5.77. The Labute approximate surface area is 150 Å². The van der Waals surface area contributed by atoms with Crippen LogP contribution in [0.1, 0.15) is 13.8 Å². The lowest BCUT2D eigenvalue weighted by Gasteiger charge is -2.37. The first-order chi connectivity index (χ1) is 11.3. The zero-order chi connectivity index (χ0) is 17.9. The van der Waals surface area contributed by atoms with Gasteiger partial charge in [-0.2, -0.15) is 0 Å². The van der Waals surface area contributed by atoms with E-state index in [9.17, 15) is 14.9 Å². The molecule has 0 bridgehead atoms. The standard InChI is InChI=1S/C15H19ClN4O3S/c1-10(2)14(21)17-15(24)19-8-6-18(7-9-19)13-11(16)4-3-5-12(13)20(22)23/h3-5,10H,6-9H2,1-2H3,(H,17,21,24). The third-order valence-corrected chi connectivity index (χ3v) is 4.47. The maximum absolute atomic E-state index is 11.7. The molecule has 1 amide bonds. The molecule has 7 nitrogen and oxygen atoms in total. The molecule has 0 spiro atoms. The summed E-state index contributed by atoms with van der Waals surface area (Å²) in [5.74, 6) is -0.265. The van der Waals surface area contributed by atoms with E-state index in [1.807, 2.05) is 9.80 Å². The molecule has 0 unspecified atom stereocenters. The molecular formula is C15H19ClN4O3S. The molecule has 1 aromatic rings. The van der Waals surface area contributed by atoms with Gasteiger partial charge in [0.15, 0.2) is 5.11 Å². The molecule has 0 aliphatic carbocycles. The fraction of sp³-hybridized carbons (Fsp3) is 0.467. The molecule has 1 saturated heterocycles. The predicted molar refractivity (Wildman–Crippen MR) is 97.5 cm³/mol. The van der Waals surface area contributed by atoms with E-state index in [1.165, 1.54) is 6.07 Å². The predicted octanol–water partition coefficient (Wildman–Crippen LogP) is 2.43. The first-order valence-electron chi connectivity index (χ1n) is 7.59. The van der Waals surface area contributed by atoms with Gasteiger partial charge in [-0.25, -0.2) is 0 Å². The van der Waals surface area contributed by atoms with E-state index in [4.69, 9.17) is 23.8 Å². The largest absolute Gasteiger partial charge is 0.361 e. The van der Waals surface area contributed by atoms with Gasteiger partial charge in [0.2, 0.25) is 5.91 Å². The Kier molecular flexibility index (Phi) is 5.95. The van der Waals surface area contributed by atoms with E-state index in [0.717, 1.165) is 0 Å². The molecule has 1 aliphatic rings. The first-order valence-corrected chi connectivity index (χ1v) is 8.37. The second-order valence-corrected chi connectivity index (χ2v) is 6.58. The minimum atomic E-state index is -0.429. The zero-order valence-electron chi connectivity index (χ0n) is 13.5. The maximum Gasteiger partial charge on any atom is 0.294 e. The molecular weight excluding hydrogens is 352 g/mol. The van der Waals surface area contributed by atoms with Crippen LogP contribution < -0.4 is 10.2 Å². The molecule has 2 rings (SSSR count). The molecule has 1 N–H and O–H groups in total. The third-order valence-electron chi connectivity index (χ3n) is 3.80. The molecule has 0 aromatic heterocycles. The van der Waals surface area contributed by atoms with Gasteiger partial charge in [-0.3, -0.25) is 14.9 Å². The molecule has 1 aromatic carbocycles. The summed E-state index contributed by atoms with van der Waals surface area (Å²) in [6, 6.07) is 4.65. The number of hydrogen-bond acceptors (Lipinski definition) is 5. The maximum atomic E-state index is 11.7.